The molecule has 2 heterocycles. The molecule has 0 spiro atoms. The Morgan fingerprint density at radius 3 is 2.68 bits per heavy atom. The molecule has 5 nitrogen and oxygen atoms in total. The van der Waals surface area contributed by atoms with Crippen molar-refractivity contribution in [2.24, 2.45) is 0 Å². The minimum atomic E-state index is -0.134. The summed E-state index contributed by atoms with van der Waals surface area (Å²) in [6.07, 6.45) is 4.21. The van der Waals surface area contributed by atoms with E-state index >= 15 is 0 Å². The fraction of sp³-hybridized carbons (Fsp3) is 0.269. The second-order valence-electron chi connectivity index (χ2n) is 8.56. The van der Waals surface area contributed by atoms with E-state index in [1.807, 2.05) is 56.3 Å². The standard InChI is InChI=1S/C26H24BrN3O2S2/c1-15-7-10-18(11-8-15)30-25(32)23-19-5-3-4-6-21(19)34-24(23)29-26(30)33-14-22(31)28-20-12-9-17(27)13-16(20)2/h7-13H,3-6,14H2,1-2H3,(H,28,31). The van der Waals surface area contributed by atoms with E-state index in [9.17, 15) is 9.59 Å². The summed E-state index contributed by atoms with van der Waals surface area (Å²) in [5, 5.41) is 4.27. The number of carbonyl (C=O) groups is 1. The lowest BCUT2D eigenvalue weighted by Gasteiger charge is -2.14. The molecule has 0 fully saturated rings. The molecule has 5 rings (SSSR count). The summed E-state index contributed by atoms with van der Waals surface area (Å²) >= 11 is 6.38. The summed E-state index contributed by atoms with van der Waals surface area (Å²) in [6, 6.07) is 13.6. The number of nitrogens with zero attached hydrogens (tertiary/aromatic N) is 2. The highest BCUT2D eigenvalue weighted by molar-refractivity contribution is 9.10. The molecule has 0 unspecified atom stereocenters. The Balaban J connectivity index is 1.51. The predicted octanol–water partition coefficient (Wildman–Crippen LogP) is 6.44. The summed E-state index contributed by atoms with van der Waals surface area (Å²) in [7, 11) is 0. The van der Waals surface area contributed by atoms with E-state index in [4.69, 9.17) is 4.98 Å². The van der Waals surface area contributed by atoms with Crippen molar-refractivity contribution in [1.82, 2.24) is 9.55 Å². The molecule has 174 valence electrons. The molecule has 0 saturated carbocycles. The zero-order valence-corrected chi connectivity index (χ0v) is 22.2. The maximum Gasteiger partial charge on any atom is 0.267 e. The highest BCUT2D eigenvalue weighted by atomic mass is 79.9. The van der Waals surface area contributed by atoms with Gasteiger partial charge in [-0.3, -0.25) is 14.2 Å². The number of hydrogen-bond donors (Lipinski definition) is 1. The van der Waals surface area contributed by atoms with Crippen LogP contribution >= 0.6 is 39.0 Å². The monoisotopic (exact) mass is 553 g/mol. The minimum Gasteiger partial charge on any atom is -0.325 e. The van der Waals surface area contributed by atoms with Gasteiger partial charge < -0.3 is 5.32 Å². The molecule has 34 heavy (non-hydrogen) atoms. The van der Waals surface area contributed by atoms with Crippen LogP contribution in [0.25, 0.3) is 15.9 Å². The number of nitrogens with one attached hydrogen (secondary N) is 1. The van der Waals surface area contributed by atoms with Gasteiger partial charge in [-0.1, -0.05) is 45.4 Å². The molecule has 0 bridgehead atoms. The summed E-state index contributed by atoms with van der Waals surface area (Å²) in [4.78, 5) is 33.5. The van der Waals surface area contributed by atoms with Gasteiger partial charge in [-0.25, -0.2) is 4.98 Å². The molecular formula is C26H24BrN3O2S2. The summed E-state index contributed by atoms with van der Waals surface area (Å²) in [5.74, 6) is 0.0235. The van der Waals surface area contributed by atoms with Crippen LogP contribution in [0.5, 0.6) is 0 Å². The molecular weight excluding hydrogens is 530 g/mol. The Morgan fingerprint density at radius 1 is 1.15 bits per heavy atom. The van der Waals surface area contributed by atoms with Crippen LogP contribution in [0.1, 0.15) is 34.4 Å². The van der Waals surface area contributed by atoms with Crippen LogP contribution in [0, 0.1) is 13.8 Å². The molecule has 2 aromatic heterocycles. The van der Waals surface area contributed by atoms with Crippen LogP contribution in [0.2, 0.25) is 0 Å². The van der Waals surface area contributed by atoms with Gasteiger partial charge in [0.25, 0.3) is 5.56 Å². The third kappa shape index (κ3) is 4.59. The lowest BCUT2D eigenvalue weighted by molar-refractivity contribution is -0.113. The van der Waals surface area contributed by atoms with Gasteiger partial charge in [0.15, 0.2) is 5.16 Å². The van der Waals surface area contributed by atoms with Crippen molar-refractivity contribution in [1.29, 1.82) is 0 Å². The molecule has 1 aliphatic rings. The first-order chi connectivity index (χ1) is 16.4. The molecule has 0 radical (unpaired) electrons. The fourth-order valence-corrected chi connectivity index (χ4v) is 6.88. The smallest absolute Gasteiger partial charge is 0.267 e. The quantitative estimate of drug-likeness (QED) is 0.228. The van der Waals surface area contributed by atoms with Crippen LogP contribution in [0.3, 0.4) is 0 Å². The molecule has 1 N–H and O–H groups in total. The van der Waals surface area contributed by atoms with E-state index < -0.39 is 0 Å². The van der Waals surface area contributed by atoms with Crippen molar-refractivity contribution in [2.75, 3.05) is 11.1 Å². The van der Waals surface area contributed by atoms with Crippen molar-refractivity contribution in [3.63, 3.8) is 0 Å². The number of thiophene rings is 1. The van der Waals surface area contributed by atoms with Gasteiger partial charge in [-0.2, -0.15) is 0 Å². The highest BCUT2D eigenvalue weighted by Crippen LogP contribution is 2.35. The van der Waals surface area contributed by atoms with Crippen molar-refractivity contribution < 1.29 is 4.79 Å². The number of halogens is 1. The first-order valence-electron chi connectivity index (χ1n) is 11.2. The van der Waals surface area contributed by atoms with Crippen LogP contribution in [-0.4, -0.2) is 21.2 Å². The van der Waals surface area contributed by atoms with Crippen LogP contribution in [-0.2, 0) is 17.6 Å². The number of aryl methyl sites for hydroxylation is 4. The second kappa shape index (κ2) is 9.68. The number of aromatic nitrogens is 2. The molecule has 4 aromatic rings. The van der Waals surface area contributed by atoms with Gasteiger partial charge in [-0.15, -0.1) is 11.3 Å². The van der Waals surface area contributed by atoms with Crippen molar-refractivity contribution >= 4 is 60.8 Å². The minimum absolute atomic E-state index is 0.0417. The Morgan fingerprint density at radius 2 is 1.91 bits per heavy atom. The number of carbonyl (C=O) groups excluding carboxylic acids is 1. The molecule has 0 atom stereocenters. The van der Waals surface area contributed by atoms with Gasteiger partial charge in [0.2, 0.25) is 5.91 Å². The Bertz CT molecular complexity index is 1460. The molecule has 0 aliphatic heterocycles. The van der Waals surface area contributed by atoms with E-state index in [0.29, 0.717) is 5.16 Å². The fourth-order valence-electron chi connectivity index (χ4n) is 4.29. The molecule has 1 aliphatic carbocycles. The Labute approximate surface area is 214 Å². The number of thioether (sulfide) groups is 1. The number of anilines is 1. The normalized spacial score (nSPS) is 13.1. The summed E-state index contributed by atoms with van der Waals surface area (Å²) < 4.78 is 2.64. The van der Waals surface area contributed by atoms with Gasteiger partial charge in [0.1, 0.15) is 4.83 Å². The first kappa shape index (κ1) is 23.3. The van der Waals surface area contributed by atoms with Crippen molar-refractivity contribution in [2.45, 2.75) is 44.7 Å². The number of fused-ring (bicyclic) bond motifs is 3. The van der Waals surface area contributed by atoms with E-state index in [2.05, 4.69) is 21.2 Å². The SMILES string of the molecule is Cc1ccc(-n2c(SCC(=O)Nc3ccc(Br)cc3C)nc3sc4c(c3c2=O)CCCC4)cc1. The van der Waals surface area contributed by atoms with Gasteiger partial charge >= 0.3 is 0 Å². The maximum atomic E-state index is 13.8. The summed E-state index contributed by atoms with van der Waals surface area (Å²) in [6.45, 7) is 3.98. The second-order valence-corrected chi connectivity index (χ2v) is 11.5. The number of amides is 1. The lowest BCUT2D eigenvalue weighted by Crippen LogP contribution is -2.23. The third-order valence-corrected chi connectivity index (χ3v) is 8.66. The summed E-state index contributed by atoms with van der Waals surface area (Å²) in [5.41, 5.74) is 4.78. The highest BCUT2D eigenvalue weighted by Gasteiger charge is 2.23. The van der Waals surface area contributed by atoms with E-state index in [-0.39, 0.29) is 17.2 Å². The number of benzene rings is 2. The van der Waals surface area contributed by atoms with Crippen molar-refractivity contribution in [3.8, 4) is 5.69 Å². The van der Waals surface area contributed by atoms with Crippen molar-refractivity contribution in [3.05, 3.63) is 78.9 Å². The van der Waals surface area contributed by atoms with E-state index in [1.54, 1.807) is 15.9 Å². The topological polar surface area (TPSA) is 64.0 Å². The molecule has 2 aromatic carbocycles. The first-order valence-corrected chi connectivity index (χ1v) is 13.8. The van der Waals surface area contributed by atoms with Gasteiger partial charge in [-0.05, 0) is 81.0 Å². The largest absolute Gasteiger partial charge is 0.325 e. The number of rotatable bonds is 5. The average molecular weight is 555 g/mol. The number of hydrogen-bond acceptors (Lipinski definition) is 5. The molecule has 8 heteroatoms. The third-order valence-electron chi connectivity index (χ3n) is 6.05. The molecule has 1 amide bonds. The zero-order valence-electron chi connectivity index (χ0n) is 19.0. The Kier molecular flexibility index (Phi) is 6.64. The predicted molar refractivity (Wildman–Crippen MR) is 145 cm³/mol. The zero-order chi connectivity index (χ0) is 23.8. The van der Waals surface area contributed by atoms with E-state index in [1.165, 1.54) is 22.2 Å². The van der Waals surface area contributed by atoms with Crippen LogP contribution in [0.4, 0.5) is 5.69 Å². The van der Waals surface area contributed by atoms with Crippen LogP contribution < -0.4 is 10.9 Å². The van der Waals surface area contributed by atoms with Gasteiger partial charge in [0.05, 0.1) is 16.8 Å². The van der Waals surface area contributed by atoms with Crippen LogP contribution in [0.15, 0.2) is 56.9 Å². The average Bonchev–Trinajstić information content (AvgIpc) is 3.19. The van der Waals surface area contributed by atoms with E-state index in [0.717, 1.165) is 62.9 Å². The van der Waals surface area contributed by atoms with Gasteiger partial charge in [0, 0.05) is 15.0 Å². The lowest BCUT2D eigenvalue weighted by atomic mass is 9.97. The molecule has 0 saturated heterocycles. The Hall–Kier alpha value is -2.42. The maximum absolute atomic E-state index is 13.8.